The van der Waals surface area contributed by atoms with Gasteiger partial charge in [0.1, 0.15) is 0 Å². The lowest BCUT2D eigenvalue weighted by atomic mass is 9.31. The van der Waals surface area contributed by atoms with Crippen molar-refractivity contribution in [1.82, 2.24) is 0 Å². The molecule has 0 aromatic heterocycles. The monoisotopic (exact) mass is 692 g/mol. The fourth-order valence-corrected chi connectivity index (χ4v) is 4.54. The summed E-state index contributed by atoms with van der Waals surface area (Å²) in [5.41, 5.74) is -12.3. The number of halogens is 20. The van der Waals surface area contributed by atoms with Crippen LogP contribution in [0.1, 0.15) is 16.9 Å². The van der Waals surface area contributed by atoms with Gasteiger partial charge in [-0.3, -0.25) is 0 Å². The van der Waals surface area contributed by atoms with E-state index in [0.29, 0.717) is 0 Å². The second-order valence-corrected chi connectivity index (χ2v) is 8.89. The van der Waals surface area contributed by atoms with Gasteiger partial charge in [0.2, 0.25) is 18.3 Å². The summed E-state index contributed by atoms with van der Waals surface area (Å²) in [6.45, 7) is -4.50. The molecule has 0 radical (unpaired) electrons. The van der Waals surface area contributed by atoms with Crippen LogP contribution >= 0.6 is 0 Å². The number of hydrogen-bond acceptors (Lipinski definition) is 0. The summed E-state index contributed by atoms with van der Waals surface area (Å²) in [5.74, 6) is -70.8. The van der Waals surface area contributed by atoms with Crippen LogP contribution in [0.2, 0.25) is 0 Å². The third kappa shape index (κ3) is 4.72. The smallest absolute Gasteiger partial charge is 0.204 e. The van der Waals surface area contributed by atoms with Gasteiger partial charge in [-0.15, -0.1) is 0 Å². The molecule has 4 aromatic rings. The summed E-state index contributed by atoms with van der Waals surface area (Å²) in [6.07, 6.45) is 0. The van der Waals surface area contributed by atoms with Gasteiger partial charge in [-0.25, -0.2) is 87.8 Å². The van der Waals surface area contributed by atoms with Crippen molar-refractivity contribution in [2.24, 2.45) is 0 Å². The Morgan fingerprint density at radius 1 is 0.217 bits per heavy atom. The van der Waals surface area contributed by atoms with Crippen LogP contribution < -0.4 is 10.9 Å². The Morgan fingerprint density at radius 3 is 0.565 bits per heavy atom. The molecule has 4 aromatic carbocycles. The molecule has 0 aliphatic heterocycles. The van der Waals surface area contributed by atoms with Gasteiger partial charge in [0.15, 0.2) is 105 Å². The first kappa shape index (κ1) is 34.4. The van der Waals surface area contributed by atoms with Gasteiger partial charge in [-0.2, -0.15) is 0 Å². The summed E-state index contributed by atoms with van der Waals surface area (Å²) < 4.78 is 290. The fraction of sp³-hybridized carbons (Fsp3) is 0.0400. The normalized spacial score (nSPS) is 11.7. The minimum atomic E-state index is -4.50. The Kier molecular flexibility index (Phi) is 8.77. The predicted molar refractivity (Wildman–Crippen MR) is 112 cm³/mol. The molecular formula is C25HBF20. The average Bonchev–Trinajstić information content (AvgIpc) is 3.03. The van der Waals surface area contributed by atoms with Crippen molar-refractivity contribution >= 4 is 17.6 Å². The first-order valence-electron chi connectivity index (χ1n) is 11.3. The second kappa shape index (κ2) is 11.7. The lowest BCUT2D eigenvalue weighted by Crippen LogP contribution is -2.55. The van der Waals surface area contributed by atoms with Crippen molar-refractivity contribution in [3.05, 3.63) is 127 Å². The fourth-order valence-electron chi connectivity index (χ4n) is 4.54. The third-order valence-corrected chi connectivity index (χ3v) is 6.55. The highest BCUT2D eigenvalue weighted by Crippen LogP contribution is 2.40. The molecule has 0 saturated heterocycles. The van der Waals surface area contributed by atoms with Crippen molar-refractivity contribution < 1.29 is 87.8 Å². The average molecular weight is 692 g/mol. The maximum Gasteiger partial charge on any atom is 0.237 e. The number of rotatable bonds is 5. The van der Waals surface area contributed by atoms with E-state index in [1.54, 1.807) is 0 Å². The molecule has 0 bridgehead atoms. The van der Waals surface area contributed by atoms with E-state index in [2.05, 4.69) is 0 Å². The first-order chi connectivity index (χ1) is 21.2. The van der Waals surface area contributed by atoms with Crippen molar-refractivity contribution in [1.29, 1.82) is 0 Å². The maximum absolute atomic E-state index is 15.1. The zero-order chi connectivity index (χ0) is 35.0. The van der Waals surface area contributed by atoms with Crippen LogP contribution in [-0.4, -0.2) is 6.71 Å². The van der Waals surface area contributed by atoms with E-state index in [1.807, 2.05) is 0 Å². The molecule has 0 unspecified atom stereocenters. The van der Waals surface area contributed by atoms with E-state index in [9.17, 15) is 52.7 Å². The first-order valence-corrected chi connectivity index (χ1v) is 11.3. The summed E-state index contributed by atoms with van der Waals surface area (Å²) in [7, 11) is 0. The van der Waals surface area contributed by atoms with Gasteiger partial charge in [0, 0.05) is 27.9 Å². The molecule has 0 aliphatic rings. The van der Waals surface area contributed by atoms with Gasteiger partial charge < -0.3 is 0 Å². The standard InChI is InChI=1S/C25HBF20/c27-6-1(7(28)15(36)22(43)14(6)35)3(2-8(29)16(37)23(44)17(38)9(2)30)26(4-10(31)18(39)24(45)19(40)11(4)32)5-12(33)20(41)25(46)21(42)13(5)34/h3H. The van der Waals surface area contributed by atoms with Crippen LogP contribution in [0.3, 0.4) is 0 Å². The molecule has 0 saturated carbocycles. The maximum atomic E-state index is 15.1. The summed E-state index contributed by atoms with van der Waals surface area (Å²) in [6, 6.07) is 0. The van der Waals surface area contributed by atoms with Crippen molar-refractivity contribution in [2.75, 3.05) is 0 Å². The van der Waals surface area contributed by atoms with E-state index in [4.69, 9.17) is 0 Å². The van der Waals surface area contributed by atoms with Gasteiger partial charge in [-0.05, 0) is 0 Å². The highest BCUT2D eigenvalue weighted by Gasteiger charge is 2.50. The zero-order valence-corrected chi connectivity index (χ0v) is 20.7. The molecule has 21 heteroatoms. The van der Waals surface area contributed by atoms with Crippen LogP contribution in [0.15, 0.2) is 0 Å². The highest BCUT2D eigenvalue weighted by atomic mass is 19.2. The van der Waals surface area contributed by atoms with Crippen LogP contribution in [0, 0.1) is 116 Å². The van der Waals surface area contributed by atoms with Crippen LogP contribution in [0.25, 0.3) is 0 Å². The molecule has 0 N–H and O–H groups in total. The van der Waals surface area contributed by atoms with E-state index < -0.39 is 151 Å². The number of benzene rings is 4. The van der Waals surface area contributed by atoms with Crippen molar-refractivity contribution in [3.63, 3.8) is 0 Å². The molecule has 4 rings (SSSR count). The lowest BCUT2D eigenvalue weighted by Gasteiger charge is -2.29. The summed E-state index contributed by atoms with van der Waals surface area (Å²) in [5, 5.41) is 0. The predicted octanol–water partition coefficient (Wildman–Crippen LogP) is 7.45. The Labute approximate surface area is 239 Å². The number of hydrogen-bond donors (Lipinski definition) is 0. The third-order valence-electron chi connectivity index (χ3n) is 6.55. The quantitative estimate of drug-likeness (QED) is 0.0884. The summed E-state index contributed by atoms with van der Waals surface area (Å²) >= 11 is 0. The van der Waals surface area contributed by atoms with E-state index in [1.165, 1.54) is 0 Å². The van der Waals surface area contributed by atoms with Crippen LogP contribution in [0.4, 0.5) is 87.8 Å². The van der Waals surface area contributed by atoms with Crippen molar-refractivity contribution in [3.8, 4) is 0 Å². The molecule has 0 atom stereocenters. The second-order valence-electron chi connectivity index (χ2n) is 8.89. The van der Waals surface area contributed by atoms with Crippen LogP contribution in [0.5, 0.6) is 0 Å². The Hall–Kier alpha value is -4.46. The van der Waals surface area contributed by atoms with Crippen molar-refractivity contribution in [2.45, 2.75) is 5.82 Å². The molecule has 0 aliphatic carbocycles. The lowest BCUT2D eigenvalue weighted by molar-refractivity contribution is 0.360. The molecular weight excluding hydrogens is 691 g/mol. The van der Waals surface area contributed by atoms with E-state index in [0.717, 1.165) is 0 Å². The SMILES string of the molecule is Fc1c(F)c(F)c(B(c2c(F)c(F)c(F)c(F)c2F)C(c2c(F)c(F)c(F)c(F)c2F)c2c(F)c(F)c(F)c(F)c2F)c(F)c1F. The Bertz CT molecular complexity index is 1580. The Morgan fingerprint density at radius 2 is 0.370 bits per heavy atom. The van der Waals surface area contributed by atoms with Gasteiger partial charge in [0.25, 0.3) is 0 Å². The molecule has 46 heavy (non-hydrogen) atoms. The zero-order valence-electron chi connectivity index (χ0n) is 20.7. The van der Waals surface area contributed by atoms with Crippen LogP contribution in [-0.2, 0) is 0 Å². The van der Waals surface area contributed by atoms with E-state index in [-0.39, 0.29) is 0 Å². The minimum absolute atomic E-state index is 3.07. The molecule has 0 nitrogen and oxygen atoms in total. The van der Waals surface area contributed by atoms with Gasteiger partial charge >= 0.3 is 0 Å². The molecule has 0 spiro atoms. The van der Waals surface area contributed by atoms with E-state index >= 15 is 35.1 Å². The molecule has 244 valence electrons. The van der Waals surface area contributed by atoms with Gasteiger partial charge in [0.05, 0.1) is 0 Å². The molecule has 0 amide bonds. The van der Waals surface area contributed by atoms with Gasteiger partial charge in [-0.1, -0.05) is 0 Å². The largest absolute Gasteiger partial charge is 0.237 e. The minimum Gasteiger partial charge on any atom is -0.204 e. The Balaban J connectivity index is 2.47. The molecule has 0 heterocycles. The summed E-state index contributed by atoms with van der Waals surface area (Å²) in [4.78, 5) is 0. The topological polar surface area (TPSA) is 0 Å². The molecule has 0 fully saturated rings. The highest BCUT2D eigenvalue weighted by molar-refractivity contribution is 6.87.